The summed E-state index contributed by atoms with van der Waals surface area (Å²) in [5.41, 5.74) is 0.713. The maximum Gasteiger partial charge on any atom is 0.224 e. The highest BCUT2D eigenvalue weighted by molar-refractivity contribution is 6.32. The molecule has 0 aliphatic carbocycles. The van der Waals surface area contributed by atoms with Crippen LogP contribution in [0.4, 0.5) is 5.69 Å². The van der Waals surface area contributed by atoms with Crippen molar-refractivity contribution >= 4 is 23.2 Å². The fraction of sp³-hybridized carbons (Fsp3) is 0.611. The molecule has 1 aromatic rings. The number of halogens is 1. The van der Waals surface area contributed by atoms with Crippen molar-refractivity contribution in [2.24, 2.45) is 11.8 Å². The van der Waals surface area contributed by atoms with Crippen LogP contribution in [0.25, 0.3) is 0 Å². The van der Waals surface area contributed by atoms with Crippen LogP contribution < -0.4 is 15.4 Å². The third kappa shape index (κ3) is 5.70. The zero-order valence-electron chi connectivity index (χ0n) is 14.2. The molecule has 1 aliphatic rings. The first-order chi connectivity index (χ1) is 11.0. The van der Waals surface area contributed by atoms with Crippen molar-refractivity contribution < 1.29 is 9.53 Å². The van der Waals surface area contributed by atoms with Crippen molar-refractivity contribution in [1.29, 1.82) is 0 Å². The molecule has 1 heterocycles. The van der Waals surface area contributed by atoms with Gasteiger partial charge in [0.2, 0.25) is 5.91 Å². The first-order valence-electron chi connectivity index (χ1n) is 8.42. The molecule has 2 rings (SSSR count). The normalized spacial score (nSPS) is 19.4. The average Bonchev–Trinajstić information content (AvgIpc) is 2.50. The first-order valence-corrected chi connectivity index (χ1v) is 8.80. The van der Waals surface area contributed by atoms with Crippen LogP contribution in [0.3, 0.4) is 0 Å². The summed E-state index contributed by atoms with van der Waals surface area (Å²) in [4.78, 5) is 12.2. The van der Waals surface area contributed by atoms with Gasteiger partial charge >= 0.3 is 0 Å². The third-order valence-corrected chi connectivity index (χ3v) is 4.52. The molecule has 0 aromatic heterocycles. The SMILES string of the molecule is CC(C)Oc1ccc(NC(=O)CC(C)C2CCCNC2)cc1Cl. The van der Waals surface area contributed by atoms with Gasteiger partial charge in [-0.05, 0) is 69.8 Å². The Bertz CT molecular complexity index is 528. The predicted molar refractivity (Wildman–Crippen MR) is 95.2 cm³/mol. The van der Waals surface area contributed by atoms with Gasteiger partial charge in [-0.2, -0.15) is 0 Å². The number of carbonyl (C=O) groups is 1. The van der Waals surface area contributed by atoms with Crippen LogP contribution in [0.1, 0.15) is 40.0 Å². The minimum Gasteiger partial charge on any atom is -0.489 e. The number of piperidine rings is 1. The van der Waals surface area contributed by atoms with Crippen LogP contribution in [0, 0.1) is 11.8 Å². The highest BCUT2D eigenvalue weighted by atomic mass is 35.5. The molecule has 2 N–H and O–H groups in total. The second-order valence-electron chi connectivity index (χ2n) is 6.65. The number of anilines is 1. The summed E-state index contributed by atoms with van der Waals surface area (Å²) in [7, 11) is 0. The molecule has 1 amide bonds. The first kappa shape index (κ1) is 18.1. The highest BCUT2D eigenvalue weighted by Gasteiger charge is 2.22. The van der Waals surface area contributed by atoms with Gasteiger partial charge < -0.3 is 15.4 Å². The fourth-order valence-electron chi connectivity index (χ4n) is 2.96. The summed E-state index contributed by atoms with van der Waals surface area (Å²) in [5.74, 6) is 1.64. The molecule has 0 spiro atoms. The Morgan fingerprint density at radius 2 is 2.22 bits per heavy atom. The fourth-order valence-corrected chi connectivity index (χ4v) is 3.19. The van der Waals surface area contributed by atoms with Gasteiger partial charge in [-0.1, -0.05) is 18.5 Å². The van der Waals surface area contributed by atoms with Gasteiger partial charge in [0.15, 0.2) is 0 Å². The smallest absolute Gasteiger partial charge is 0.224 e. The average molecular weight is 339 g/mol. The third-order valence-electron chi connectivity index (χ3n) is 4.23. The van der Waals surface area contributed by atoms with E-state index in [0.29, 0.717) is 34.7 Å². The minimum absolute atomic E-state index is 0.0386. The number of benzene rings is 1. The summed E-state index contributed by atoms with van der Waals surface area (Å²) in [6, 6.07) is 5.37. The molecule has 5 heteroatoms. The van der Waals surface area contributed by atoms with E-state index >= 15 is 0 Å². The topological polar surface area (TPSA) is 50.4 Å². The lowest BCUT2D eigenvalue weighted by molar-refractivity contribution is -0.117. The highest BCUT2D eigenvalue weighted by Crippen LogP contribution is 2.29. The van der Waals surface area contributed by atoms with Gasteiger partial charge in [0.1, 0.15) is 5.75 Å². The molecule has 0 bridgehead atoms. The molecule has 2 unspecified atom stereocenters. The van der Waals surface area contributed by atoms with E-state index in [9.17, 15) is 4.79 Å². The Morgan fingerprint density at radius 3 is 2.83 bits per heavy atom. The summed E-state index contributed by atoms with van der Waals surface area (Å²) < 4.78 is 5.60. The van der Waals surface area contributed by atoms with Gasteiger partial charge in [0, 0.05) is 12.1 Å². The van der Waals surface area contributed by atoms with Crippen molar-refractivity contribution in [3.63, 3.8) is 0 Å². The monoisotopic (exact) mass is 338 g/mol. The largest absolute Gasteiger partial charge is 0.489 e. The molecule has 1 saturated heterocycles. The molecule has 0 radical (unpaired) electrons. The quantitative estimate of drug-likeness (QED) is 0.821. The van der Waals surface area contributed by atoms with Crippen LogP contribution in [0.5, 0.6) is 5.75 Å². The molecule has 4 nitrogen and oxygen atoms in total. The van der Waals surface area contributed by atoms with Crippen molar-refractivity contribution in [2.45, 2.75) is 46.1 Å². The summed E-state index contributed by atoms with van der Waals surface area (Å²) in [5, 5.41) is 6.85. The molecule has 128 valence electrons. The number of rotatable bonds is 6. The lowest BCUT2D eigenvalue weighted by atomic mass is 9.85. The van der Waals surface area contributed by atoms with Crippen molar-refractivity contribution in [2.75, 3.05) is 18.4 Å². The zero-order chi connectivity index (χ0) is 16.8. The Labute approximate surface area is 143 Å². The van der Waals surface area contributed by atoms with Crippen LogP contribution >= 0.6 is 11.6 Å². The van der Waals surface area contributed by atoms with Crippen LogP contribution in [0.2, 0.25) is 5.02 Å². The van der Waals surface area contributed by atoms with Crippen LogP contribution in [-0.4, -0.2) is 25.1 Å². The molecular weight excluding hydrogens is 312 g/mol. The van der Waals surface area contributed by atoms with E-state index in [4.69, 9.17) is 16.3 Å². The van der Waals surface area contributed by atoms with Gasteiger partial charge in [-0.25, -0.2) is 0 Å². The van der Waals surface area contributed by atoms with Crippen LogP contribution in [-0.2, 0) is 4.79 Å². The lowest BCUT2D eigenvalue weighted by Crippen LogP contribution is -2.34. The van der Waals surface area contributed by atoms with Crippen molar-refractivity contribution in [3.05, 3.63) is 23.2 Å². The maximum atomic E-state index is 12.2. The summed E-state index contributed by atoms with van der Waals surface area (Å²) >= 11 is 6.20. The van der Waals surface area contributed by atoms with E-state index in [1.165, 1.54) is 12.8 Å². The second kappa shape index (κ2) is 8.55. The summed E-state index contributed by atoms with van der Waals surface area (Å²) in [6.45, 7) is 8.17. The predicted octanol–water partition coefficient (Wildman–Crippen LogP) is 4.09. The number of carbonyl (C=O) groups excluding carboxylic acids is 1. The molecule has 1 aliphatic heterocycles. The number of nitrogens with one attached hydrogen (secondary N) is 2. The number of hydrogen-bond donors (Lipinski definition) is 2. The van der Waals surface area contributed by atoms with Gasteiger partial charge in [0.05, 0.1) is 11.1 Å². The molecular formula is C18H27ClN2O2. The van der Waals surface area contributed by atoms with Gasteiger partial charge in [0.25, 0.3) is 0 Å². The summed E-state index contributed by atoms with van der Waals surface area (Å²) in [6.07, 6.45) is 3.00. The Morgan fingerprint density at radius 1 is 1.43 bits per heavy atom. The van der Waals surface area contributed by atoms with E-state index in [1.54, 1.807) is 12.1 Å². The standard InChI is InChI=1S/C18H27ClN2O2/c1-12(2)23-17-7-6-15(10-16(17)19)21-18(22)9-13(3)14-5-4-8-20-11-14/h6-7,10,12-14,20H,4-5,8-9,11H2,1-3H3,(H,21,22). The molecule has 2 atom stereocenters. The van der Waals surface area contributed by atoms with E-state index < -0.39 is 0 Å². The van der Waals surface area contributed by atoms with E-state index in [-0.39, 0.29) is 12.0 Å². The Hall–Kier alpha value is -1.26. The maximum absolute atomic E-state index is 12.2. The Balaban J connectivity index is 1.88. The molecule has 1 aromatic carbocycles. The second-order valence-corrected chi connectivity index (χ2v) is 7.06. The number of hydrogen-bond acceptors (Lipinski definition) is 3. The van der Waals surface area contributed by atoms with Gasteiger partial charge in [-0.15, -0.1) is 0 Å². The number of amides is 1. The van der Waals surface area contributed by atoms with Crippen molar-refractivity contribution in [1.82, 2.24) is 5.32 Å². The van der Waals surface area contributed by atoms with E-state index in [2.05, 4.69) is 17.6 Å². The lowest BCUT2D eigenvalue weighted by Gasteiger charge is -2.28. The zero-order valence-corrected chi connectivity index (χ0v) is 15.0. The number of ether oxygens (including phenoxy) is 1. The molecule has 23 heavy (non-hydrogen) atoms. The molecule has 0 saturated carbocycles. The molecule has 1 fully saturated rings. The van der Waals surface area contributed by atoms with E-state index in [0.717, 1.165) is 13.1 Å². The van der Waals surface area contributed by atoms with Crippen molar-refractivity contribution in [3.8, 4) is 5.75 Å². The van der Waals surface area contributed by atoms with E-state index in [1.807, 2.05) is 19.9 Å². The van der Waals surface area contributed by atoms with Crippen LogP contribution in [0.15, 0.2) is 18.2 Å². The minimum atomic E-state index is 0.0386. The van der Waals surface area contributed by atoms with Gasteiger partial charge in [-0.3, -0.25) is 4.79 Å². The Kier molecular flexibility index (Phi) is 6.72.